The summed E-state index contributed by atoms with van der Waals surface area (Å²) in [5, 5.41) is 3.78. The zero-order valence-electron chi connectivity index (χ0n) is 16.0. The molecule has 7 nitrogen and oxygen atoms in total. The van der Waals surface area contributed by atoms with Crippen molar-refractivity contribution in [2.75, 3.05) is 11.9 Å². The van der Waals surface area contributed by atoms with Crippen molar-refractivity contribution in [3.63, 3.8) is 0 Å². The maximum atomic E-state index is 12.2. The van der Waals surface area contributed by atoms with Gasteiger partial charge in [0.05, 0.1) is 15.7 Å². The van der Waals surface area contributed by atoms with Crippen LogP contribution >= 0.6 is 23.2 Å². The van der Waals surface area contributed by atoms with Crippen LogP contribution in [0.25, 0.3) is 11.0 Å². The molecule has 0 aliphatic carbocycles. The van der Waals surface area contributed by atoms with Gasteiger partial charge in [0, 0.05) is 17.5 Å². The van der Waals surface area contributed by atoms with Crippen molar-refractivity contribution < 1.29 is 23.5 Å². The van der Waals surface area contributed by atoms with Crippen molar-refractivity contribution in [3.8, 4) is 5.75 Å². The number of hydrogen-bond acceptors (Lipinski definition) is 6. The molecule has 0 aliphatic heterocycles. The van der Waals surface area contributed by atoms with Crippen molar-refractivity contribution >= 4 is 51.7 Å². The molecule has 0 bridgehead atoms. The second kappa shape index (κ2) is 9.19. The van der Waals surface area contributed by atoms with Crippen molar-refractivity contribution in [3.05, 3.63) is 68.5 Å². The molecule has 1 amide bonds. The molecule has 2 aromatic carbocycles. The summed E-state index contributed by atoms with van der Waals surface area (Å²) in [5.41, 5.74) is 0.946. The quantitative estimate of drug-likeness (QED) is 0.443. The number of halogens is 2. The van der Waals surface area contributed by atoms with E-state index in [1.54, 1.807) is 37.3 Å². The van der Waals surface area contributed by atoms with Gasteiger partial charge in [-0.1, -0.05) is 29.3 Å². The van der Waals surface area contributed by atoms with E-state index < -0.39 is 30.2 Å². The maximum Gasteiger partial charge on any atom is 0.344 e. The summed E-state index contributed by atoms with van der Waals surface area (Å²) in [6, 6.07) is 11.0. The second-order valence-electron chi connectivity index (χ2n) is 6.42. The summed E-state index contributed by atoms with van der Waals surface area (Å²) >= 11 is 11.9. The van der Waals surface area contributed by atoms with Crippen LogP contribution in [0.4, 0.5) is 5.69 Å². The SMILES string of the molecule is Cc1cc(=O)oc2cc(OCC(=O)O[C@@H](C)C(=O)Nc3cccc(Cl)c3Cl)ccc12. The standard InChI is InChI=1S/C21H17Cl2NO6/c1-11-8-18(25)30-17-9-13(6-7-14(11)17)28-10-19(26)29-12(2)21(27)24-16-5-3-4-15(22)20(16)23/h3-9,12H,10H2,1-2H3,(H,24,27)/t12-/m0/s1. The molecule has 0 spiro atoms. The molecule has 30 heavy (non-hydrogen) atoms. The number of anilines is 1. The first kappa shape index (κ1) is 21.7. The van der Waals surface area contributed by atoms with E-state index in [9.17, 15) is 14.4 Å². The molecule has 1 aromatic heterocycles. The van der Waals surface area contributed by atoms with Crippen molar-refractivity contribution in [1.82, 2.24) is 0 Å². The second-order valence-corrected chi connectivity index (χ2v) is 7.20. The first-order valence-electron chi connectivity index (χ1n) is 8.86. The van der Waals surface area contributed by atoms with Crippen LogP contribution in [-0.4, -0.2) is 24.6 Å². The molecule has 0 saturated carbocycles. The minimum atomic E-state index is -1.09. The average Bonchev–Trinajstić information content (AvgIpc) is 2.69. The lowest BCUT2D eigenvalue weighted by Crippen LogP contribution is -2.31. The van der Waals surface area contributed by atoms with Gasteiger partial charge in [-0.25, -0.2) is 9.59 Å². The zero-order chi connectivity index (χ0) is 21.8. The fourth-order valence-electron chi connectivity index (χ4n) is 2.66. The summed E-state index contributed by atoms with van der Waals surface area (Å²) in [6.45, 7) is 2.77. The Morgan fingerprint density at radius 1 is 1.17 bits per heavy atom. The van der Waals surface area contributed by atoms with Crippen LogP contribution in [-0.2, 0) is 14.3 Å². The number of hydrogen-bond donors (Lipinski definition) is 1. The largest absolute Gasteiger partial charge is 0.482 e. The van der Waals surface area contributed by atoms with Gasteiger partial charge in [-0.05, 0) is 43.7 Å². The molecule has 1 heterocycles. The molecule has 0 radical (unpaired) electrons. The lowest BCUT2D eigenvalue weighted by Gasteiger charge is -2.15. The lowest BCUT2D eigenvalue weighted by atomic mass is 10.1. The van der Waals surface area contributed by atoms with Gasteiger partial charge in [-0.2, -0.15) is 0 Å². The Kier molecular flexibility index (Phi) is 6.64. The summed E-state index contributed by atoms with van der Waals surface area (Å²) in [6.07, 6.45) is -1.09. The molecule has 0 aliphatic rings. The van der Waals surface area contributed by atoms with Crippen LogP contribution in [0.5, 0.6) is 5.75 Å². The molecule has 0 fully saturated rings. The molecule has 1 N–H and O–H groups in total. The molecule has 1 atom stereocenters. The van der Waals surface area contributed by atoms with Crippen LogP contribution in [0.2, 0.25) is 10.0 Å². The molecule has 3 rings (SSSR count). The third-order valence-corrected chi connectivity index (χ3v) is 4.99. The maximum absolute atomic E-state index is 12.2. The number of nitrogens with one attached hydrogen (secondary N) is 1. The van der Waals surface area contributed by atoms with Crippen LogP contribution in [0, 0.1) is 6.92 Å². The van der Waals surface area contributed by atoms with Gasteiger partial charge in [0.1, 0.15) is 11.3 Å². The smallest absolute Gasteiger partial charge is 0.344 e. The van der Waals surface area contributed by atoms with Gasteiger partial charge < -0.3 is 19.2 Å². The normalized spacial score (nSPS) is 11.7. The Hall–Kier alpha value is -3.03. The van der Waals surface area contributed by atoms with E-state index in [2.05, 4.69) is 5.32 Å². The summed E-state index contributed by atoms with van der Waals surface area (Å²) < 4.78 is 15.6. The fraction of sp³-hybridized carbons (Fsp3) is 0.190. The number of ether oxygens (including phenoxy) is 2. The molecule has 9 heteroatoms. The van der Waals surface area contributed by atoms with E-state index in [1.807, 2.05) is 0 Å². The van der Waals surface area contributed by atoms with Crippen LogP contribution in [0.15, 0.2) is 51.7 Å². The van der Waals surface area contributed by atoms with Gasteiger partial charge in [0.2, 0.25) is 0 Å². The van der Waals surface area contributed by atoms with E-state index in [0.29, 0.717) is 17.0 Å². The molecule has 0 saturated heterocycles. The number of rotatable bonds is 6. The minimum absolute atomic E-state index is 0.188. The number of aryl methyl sites for hydroxylation is 1. The number of carbonyl (C=O) groups is 2. The number of fused-ring (bicyclic) bond motifs is 1. The van der Waals surface area contributed by atoms with Gasteiger partial charge in [0.25, 0.3) is 5.91 Å². The van der Waals surface area contributed by atoms with Crippen LogP contribution in [0.3, 0.4) is 0 Å². The Morgan fingerprint density at radius 2 is 1.93 bits per heavy atom. The Morgan fingerprint density at radius 3 is 2.70 bits per heavy atom. The highest BCUT2D eigenvalue weighted by molar-refractivity contribution is 6.44. The first-order valence-corrected chi connectivity index (χ1v) is 9.62. The van der Waals surface area contributed by atoms with E-state index >= 15 is 0 Å². The number of esters is 1. The van der Waals surface area contributed by atoms with Crippen molar-refractivity contribution in [1.29, 1.82) is 0 Å². The van der Waals surface area contributed by atoms with Crippen molar-refractivity contribution in [2.45, 2.75) is 20.0 Å². The number of amides is 1. The molecular weight excluding hydrogens is 433 g/mol. The summed E-state index contributed by atoms with van der Waals surface area (Å²) in [4.78, 5) is 35.8. The van der Waals surface area contributed by atoms with Gasteiger partial charge in [0.15, 0.2) is 12.7 Å². The summed E-state index contributed by atoms with van der Waals surface area (Å²) in [5.74, 6) is -1.01. The highest BCUT2D eigenvalue weighted by atomic mass is 35.5. The minimum Gasteiger partial charge on any atom is -0.482 e. The summed E-state index contributed by atoms with van der Waals surface area (Å²) in [7, 11) is 0. The van der Waals surface area contributed by atoms with Gasteiger partial charge in [-0.3, -0.25) is 4.79 Å². The van der Waals surface area contributed by atoms with Gasteiger partial charge in [-0.15, -0.1) is 0 Å². The Bertz CT molecular complexity index is 1170. The lowest BCUT2D eigenvalue weighted by molar-refractivity contribution is -0.155. The predicted molar refractivity (Wildman–Crippen MR) is 113 cm³/mol. The third kappa shape index (κ3) is 5.11. The van der Waals surface area contributed by atoms with E-state index in [-0.39, 0.29) is 10.0 Å². The highest BCUT2D eigenvalue weighted by Gasteiger charge is 2.19. The third-order valence-electron chi connectivity index (χ3n) is 4.17. The number of carbonyl (C=O) groups excluding carboxylic acids is 2. The van der Waals surface area contributed by atoms with E-state index in [0.717, 1.165) is 10.9 Å². The molecular formula is C21H17Cl2NO6. The monoisotopic (exact) mass is 449 g/mol. The Labute approximate surface area is 181 Å². The van der Waals surface area contributed by atoms with Crippen LogP contribution < -0.4 is 15.7 Å². The average molecular weight is 450 g/mol. The molecule has 0 unspecified atom stereocenters. The predicted octanol–water partition coefficient (Wildman–Crippen LogP) is 4.36. The van der Waals surface area contributed by atoms with Crippen LogP contribution in [0.1, 0.15) is 12.5 Å². The van der Waals surface area contributed by atoms with Gasteiger partial charge >= 0.3 is 11.6 Å². The molecule has 156 valence electrons. The topological polar surface area (TPSA) is 94.8 Å². The fourth-order valence-corrected chi connectivity index (χ4v) is 3.00. The highest BCUT2D eigenvalue weighted by Crippen LogP contribution is 2.29. The van der Waals surface area contributed by atoms with E-state index in [1.165, 1.54) is 19.1 Å². The van der Waals surface area contributed by atoms with E-state index in [4.69, 9.17) is 37.1 Å². The number of benzene rings is 2. The first-order chi connectivity index (χ1) is 14.2. The Balaban J connectivity index is 1.57. The van der Waals surface area contributed by atoms with Crippen molar-refractivity contribution in [2.24, 2.45) is 0 Å². The zero-order valence-corrected chi connectivity index (χ0v) is 17.5. The molecule has 3 aromatic rings.